The number of benzene rings is 1. The zero-order chi connectivity index (χ0) is 12.8. The first-order valence-electron chi connectivity index (χ1n) is 5.31. The molecular weight excluding hydrogens is 238 g/mol. The van der Waals surface area contributed by atoms with Gasteiger partial charge in [0.2, 0.25) is 0 Å². The number of phenols is 1. The minimum Gasteiger partial charge on any atom is -0.508 e. The highest BCUT2D eigenvalue weighted by atomic mass is 35.5. The number of hydrogen-bond acceptors (Lipinski definition) is 2. The molecule has 0 spiro atoms. The van der Waals surface area contributed by atoms with Gasteiger partial charge >= 0.3 is 0 Å². The van der Waals surface area contributed by atoms with E-state index in [-0.39, 0.29) is 23.8 Å². The van der Waals surface area contributed by atoms with Crippen molar-refractivity contribution in [2.75, 3.05) is 13.1 Å². The van der Waals surface area contributed by atoms with Crippen molar-refractivity contribution in [2.45, 2.75) is 13.3 Å². The maximum atomic E-state index is 12.1. The second-order valence-corrected chi connectivity index (χ2v) is 4.00. The summed E-state index contributed by atoms with van der Waals surface area (Å²) in [6, 6.07) is 4.28. The number of amides is 1. The Bertz CT molecular complexity index is 451. The fourth-order valence-electron chi connectivity index (χ4n) is 1.48. The van der Waals surface area contributed by atoms with Gasteiger partial charge in [-0.05, 0) is 24.6 Å². The second-order valence-electron chi connectivity index (χ2n) is 3.59. The molecule has 0 unspecified atom stereocenters. The van der Waals surface area contributed by atoms with Crippen LogP contribution in [-0.4, -0.2) is 29.0 Å². The molecule has 4 heteroatoms. The number of hydrogen-bond donors (Lipinski definition) is 1. The van der Waals surface area contributed by atoms with Crippen molar-refractivity contribution < 1.29 is 9.90 Å². The van der Waals surface area contributed by atoms with Gasteiger partial charge < -0.3 is 10.0 Å². The van der Waals surface area contributed by atoms with Crippen LogP contribution in [0, 0.1) is 12.3 Å². The van der Waals surface area contributed by atoms with Gasteiger partial charge in [-0.1, -0.05) is 24.4 Å². The second kappa shape index (κ2) is 6.17. The quantitative estimate of drug-likeness (QED) is 0.836. The van der Waals surface area contributed by atoms with Crippen molar-refractivity contribution in [2.24, 2.45) is 0 Å². The first-order valence-corrected chi connectivity index (χ1v) is 5.69. The molecule has 1 aromatic rings. The lowest BCUT2D eigenvalue weighted by atomic mass is 10.2. The monoisotopic (exact) mass is 251 g/mol. The Balaban J connectivity index is 3.00. The maximum absolute atomic E-state index is 12.1. The molecule has 0 radical (unpaired) electrons. The van der Waals surface area contributed by atoms with Gasteiger partial charge in [-0.25, -0.2) is 0 Å². The van der Waals surface area contributed by atoms with E-state index in [0.717, 1.165) is 6.42 Å². The Hall–Kier alpha value is -1.66. The predicted molar refractivity (Wildman–Crippen MR) is 68.1 cm³/mol. The van der Waals surface area contributed by atoms with Crippen LogP contribution in [-0.2, 0) is 0 Å². The summed E-state index contributed by atoms with van der Waals surface area (Å²) in [4.78, 5) is 13.7. The van der Waals surface area contributed by atoms with E-state index in [9.17, 15) is 9.90 Å². The van der Waals surface area contributed by atoms with E-state index >= 15 is 0 Å². The molecule has 17 heavy (non-hydrogen) atoms. The molecule has 0 aliphatic heterocycles. The smallest absolute Gasteiger partial charge is 0.256 e. The zero-order valence-corrected chi connectivity index (χ0v) is 10.4. The van der Waals surface area contributed by atoms with Gasteiger partial charge in [0.05, 0.1) is 17.1 Å². The molecule has 1 rings (SSSR count). The fourth-order valence-corrected chi connectivity index (χ4v) is 1.68. The Labute approximate surface area is 106 Å². The molecule has 0 aromatic heterocycles. The van der Waals surface area contributed by atoms with Gasteiger partial charge in [-0.3, -0.25) is 4.79 Å². The first kappa shape index (κ1) is 13.4. The molecule has 0 heterocycles. The van der Waals surface area contributed by atoms with E-state index in [1.54, 1.807) is 0 Å². The topological polar surface area (TPSA) is 40.5 Å². The number of carbonyl (C=O) groups excluding carboxylic acids is 1. The number of nitrogens with zero attached hydrogens (tertiary/aromatic N) is 1. The summed E-state index contributed by atoms with van der Waals surface area (Å²) in [7, 11) is 0. The van der Waals surface area contributed by atoms with Gasteiger partial charge in [-0.15, -0.1) is 6.42 Å². The summed E-state index contributed by atoms with van der Waals surface area (Å²) in [5.74, 6) is 2.19. The van der Waals surface area contributed by atoms with E-state index in [1.807, 2.05) is 6.92 Å². The van der Waals surface area contributed by atoms with Crippen LogP contribution in [0.2, 0.25) is 5.02 Å². The highest BCUT2D eigenvalue weighted by Gasteiger charge is 2.17. The highest BCUT2D eigenvalue weighted by Crippen LogP contribution is 2.22. The molecule has 1 amide bonds. The third kappa shape index (κ3) is 3.40. The van der Waals surface area contributed by atoms with Crippen LogP contribution in [0.25, 0.3) is 0 Å². The van der Waals surface area contributed by atoms with E-state index in [4.69, 9.17) is 18.0 Å². The van der Waals surface area contributed by atoms with E-state index in [0.29, 0.717) is 11.6 Å². The summed E-state index contributed by atoms with van der Waals surface area (Å²) in [6.45, 7) is 2.76. The van der Waals surface area contributed by atoms with Crippen LogP contribution in [0.3, 0.4) is 0 Å². The lowest BCUT2D eigenvalue weighted by Gasteiger charge is -2.20. The van der Waals surface area contributed by atoms with Crippen molar-refractivity contribution >= 4 is 17.5 Å². The van der Waals surface area contributed by atoms with Crippen LogP contribution in [0.15, 0.2) is 18.2 Å². The summed E-state index contributed by atoms with van der Waals surface area (Å²) in [5, 5.41) is 9.67. The number of carbonyl (C=O) groups is 1. The normalized spacial score (nSPS) is 9.71. The standard InChI is InChI=1S/C13H14ClNO2/c1-3-7-15(8-4-2)13(17)11-9-10(16)5-6-12(11)14/h1,5-6,9,16H,4,7-8H2,2H3. The number of rotatable bonds is 4. The van der Waals surface area contributed by atoms with Gasteiger partial charge in [-0.2, -0.15) is 0 Å². The summed E-state index contributed by atoms with van der Waals surface area (Å²) >= 11 is 5.93. The van der Waals surface area contributed by atoms with Gasteiger partial charge in [0.15, 0.2) is 0 Å². The number of aromatic hydroxyl groups is 1. The third-order valence-corrected chi connectivity index (χ3v) is 2.57. The fraction of sp³-hybridized carbons (Fsp3) is 0.308. The Kier molecular flexibility index (Phi) is 4.86. The van der Waals surface area contributed by atoms with E-state index < -0.39 is 0 Å². The molecule has 0 saturated heterocycles. The lowest BCUT2D eigenvalue weighted by Crippen LogP contribution is -2.32. The molecule has 3 nitrogen and oxygen atoms in total. The highest BCUT2D eigenvalue weighted by molar-refractivity contribution is 6.33. The largest absolute Gasteiger partial charge is 0.508 e. The predicted octanol–water partition coefficient (Wildman–Crippen LogP) is 2.53. The Morgan fingerprint density at radius 1 is 1.59 bits per heavy atom. The van der Waals surface area contributed by atoms with Crippen LogP contribution in [0.5, 0.6) is 5.75 Å². The van der Waals surface area contributed by atoms with Crippen molar-refractivity contribution in [3.05, 3.63) is 28.8 Å². The molecule has 0 fully saturated rings. The number of halogens is 1. The van der Waals surface area contributed by atoms with Crippen molar-refractivity contribution in [3.63, 3.8) is 0 Å². The molecule has 0 bridgehead atoms. The molecule has 0 saturated carbocycles. The summed E-state index contributed by atoms with van der Waals surface area (Å²) in [5.41, 5.74) is 0.273. The minimum absolute atomic E-state index is 0.00917. The van der Waals surface area contributed by atoms with Crippen LogP contribution >= 0.6 is 11.6 Å². The first-order chi connectivity index (χ1) is 8.10. The van der Waals surface area contributed by atoms with Crippen molar-refractivity contribution in [1.82, 2.24) is 4.90 Å². The third-order valence-electron chi connectivity index (χ3n) is 2.24. The molecular formula is C13H14ClNO2. The average molecular weight is 252 g/mol. The molecule has 0 aliphatic rings. The Morgan fingerprint density at radius 2 is 2.29 bits per heavy atom. The average Bonchev–Trinajstić information content (AvgIpc) is 2.31. The van der Waals surface area contributed by atoms with Gasteiger partial charge in [0.1, 0.15) is 5.75 Å². The van der Waals surface area contributed by atoms with Crippen LogP contribution in [0.4, 0.5) is 0 Å². The summed E-state index contributed by atoms with van der Waals surface area (Å²) in [6.07, 6.45) is 6.03. The molecule has 1 aromatic carbocycles. The van der Waals surface area contributed by atoms with Crippen molar-refractivity contribution in [1.29, 1.82) is 0 Å². The zero-order valence-electron chi connectivity index (χ0n) is 9.61. The van der Waals surface area contributed by atoms with Gasteiger partial charge in [0, 0.05) is 6.54 Å². The SMILES string of the molecule is C#CCN(CCC)C(=O)c1cc(O)ccc1Cl. The van der Waals surface area contributed by atoms with E-state index in [2.05, 4.69) is 5.92 Å². The molecule has 1 N–H and O–H groups in total. The van der Waals surface area contributed by atoms with Gasteiger partial charge in [0.25, 0.3) is 5.91 Å². The molecule has 90 valence electrons. The molecule has 0 atom stereocenters. The maximum Gasteiger partial charge on any atom is 0.256 e. The van der Waals surface area contributed by atoms with E-state index in [1.165, 1.54) is 23.1 Å². The number of phenolic OH excluding ortho intramolecular Hbond substituents is 1. The van der Waals surface area contributed by atoms with Crippen molar-refractivity contribution in [3.8, 4) is 18.1 Å². The molecule has 0 aliphatic carbocycles. The number of terminal acetylenes is 1. The minimum atomic E-state index is -0.259. The van der Waals surface area contributed by atoms with Crippen LogP contribution < -0.4 is 0 Å². The Morgan fingerprint density at radius 3 is 2.88 bits per heavy atom. The summed E-state index contributed by atoms with van der Waals surface area (Å²) < 4.78 is 0. The lowest BCUT2D eigenvalue weighted by molar-refractivity contribution is 0.0776. The van der Waals surface area contributed by atoms with Crippen LogP contribution in [0.1, 0.15) is 23.7 Å².